The second-order valence-electron chi connectivity index (χ2n) is 4.48. The van der Waals surface area contributed by atoms with Crippen LogP contribution in [0.2, 0.25) is 0 Å². The highest BCUT2D eigenvalue weighted by Crippen LogP contribution is 2.20. The molecule has 2 rings (SSSR count). The van der Waals surface area contributed by atoms with E-state index >= 15 is 0 Å². The topological polar surface area (TPSA) is 90.1 Å². The first-order chi connectivity index (χ1) is 10.1. The summed E-state index contributed by atoms with van der Waals surface area (Å²) in [5.74, 6) is 0.518. The molecule has 7 nitrogen and oxygen atoms in total. The van der Waals surface area contributed by atoms with Gasteiger partial charge < -0.3 is 9.84 Å². The number of carboxylic acid groups (broad SMARTS) is 1. The minimum atomic E-state index is -0.976. The average Bonchev–Trinajstić information content (AvgIpc) is 2.85. The van der Waals surface area contributed by atoms with Crippen molar-refractivity contribution >= 4 is 17.7 Å². The normalized spacial score (nSPS) is 10.6. The van der Waals surface area contributed by atoms with E-state index in [0.29, 0.717) is 17.5 Å². The SMILES string of the molecule is Cc1ccc(C)c(OCCSc2nnnn2CC(=O)O)c1. The van der Waals surface area contributed by atoms with Gasteiger partial charge in [0, 0.05) is 5.75 Å². The summed E-state index contributed by atoms with van der Waals surface area (Å²) < 4.78 is 6.98. The molecule has 2 aromatic rings. The molecule has 0 aliphatic rings. The van der Waals surface area contributed by atoms with Gasteiger partial charge in [-0.15, -0.1) is 5.10 Å². The fourth-order valence-electron chi connectivity index (χ4n) is 1.67. The molecule has 8 heteroatoms. The van der Waals surface area contributed by atoms with E-state index in [1.807, 2.05) is 32.0 Å². The number of tetrazole rings is 1. The fourth-order valence-corrected chi connectivity index (χ4v) is 2.37. The van der Waals surface area contributed by atoms with Gasteiger partial charge in [0.2, 0.25) is 5.16 Å². The third kappa shape index (κ3) is 4.45. The van der Waals surface area contributed by atoms with Gasteiger partial charge >= 0.3 is 5.97 Å². The second kappa shape index (κ2) is 7.07. The molecular formula is C13H16N4O3S. The van der Waals surface area contributed by atoms with Gasteiger partial charge in [0.15, 0.2) is 0 Å². The van der Waals surface area contributed by atoms with Gasteiger partial charge in [-0.3, -0.25) is 4.79 Å². The van der Waals surface area contributed by atoms with Crippen LogP contribution in [-0.2, 0) is 11.3 Å². The Labute approximate surface area is 126 Å². The zero-order valence-electron chi connectivity index (χ0n) is 11.8. The highest BCUT2D eigenvalue weighted by atomic mass is 32.2. The molecule has 0 saturated carbocycles. The van der Waals surface area contributed by atoms with Crippen LogP contribution in [0.5, 0.6) is 5.75 Å². The summed E-state index contributed by atoms with van der Waals surface area (Å²) in [4.78, 5) is 10.7. The standard InChI is InChI=1S/C13H16N4O3S/c1-9-3-4-10(2)11(7-9)20-5-6-21-13-14-15-16-17(13)8-12(18)19/h3-4,7H,5-6,8H2,1-2H3,(H,18,19). The van der Waals surface area contributed by atoms with Gasteiger partial charge in [0.25, 0.3) is 0 Å². The summed E-state index contributed by atoms with van der Waals surface area (Å²) in [6.07, 6.45) is 0. The Balaban J connectivity index is 1.83. The van der Waals surface area contributed by atoms with Crippen LogP contribution in [0, 0.1) is 13.8 Å². The van der Waals surface area contributed by atoms with Crippen molar-refractivity contribution < 1.29 is 14.6 Å². The Morgan fingerprint density at radius 1 is 1.43 bits per heavy atom. The molecule has 0 radical (unpaired) electrons. The number of hydrogen-bond donors (Lipinski definition) is 1. The van der Waals surface area contributed by atoms with Crippen LogP contribution in [0.1, 0.15) is 11.1 Å². The lowest BCUT2D eigenvalue weighted by Gasteiger charge is -2.09. The third-order valence-corrected chi connectivity index (χ3v) is 3.62. The molecule has 0 bridgehead atoms. The molecule has 1 aromatic carbocycles. The monoisotopic (exact) mass is 308 g/mol. The van der Waals surface area contributed by atoms with Gasteiger partial charge in [-0.1, -0.05) is 23.9 Å². The third-order valence-electron chi connectivity index (χ3n) is 2.70. The summed E-state index contributed by atoms with van der Waals surface area (Å²) in [7, 11) is 0. The molecule has 1 N–H and O–H groups in total. The van der Waals surface area contributed by atoms with Gasteiger partial charge in [-0.05, 0) is 41.5 Å². The highest BCUT2D eigenvalue weighted by Gasteiger charge is 2.10. The van der Waals surface area contributed by atoms with E-state index in [1.54, 1.807) is 0 Å². The van der Waals surface area contributed by atoms with E-state index in [0.717, 1.165) is 16.9 Å². The van der Waals surface area contributed by atoms with E-state index in [9.17, 15) is 4.79 Å². The highest BCUT2D eigenvalue weighted by molar-refractivity contribution is 7.99. The molecule has 0 aliphatic carbocycles. The Morgan fingerprint density at radius 3 is 3.00 bits per heavy atom. The van der Waals surface area contributed by atoms with Crippen LogP contribution in [0.25, 0.3) is 0 Å². The van der Waals surface area contributed by atoms with Gasteiger partial charge in [0.1, 0.15) is 12.3 Å². The van der Waals surface area contributed by atoms with Crippen molar-refractivity contribution in [1.29, 1.82) is 0 Å². The molecule has 0 spiro atoms. The molecule has 112 valence electrons. The largest absolute Gasteiger partial charge is 0.492 e. The number of thioether (sulfide) groups is 1. The minimum Gasteiger partial charge on any atom is -0.492 e. The van der Waals surface area contributed by atoms with Crippen LogP contribution in [-0.4, -0.2) is 43.6 Å². The summed E-state index contributed by atoms with van der Waals surface area (Å²) in [6.45, 7) is 4.26. The second-order valence-corrected chi connectivity index (χ2v) is 5.54. The lowest BCUT2D eigenvalue weighted by molar-refractivity contribution is -0.138. The van der Waals surface area contributed by atoms with E-state index in [4.69, 9.17) is 9.84 Å². The Kier molecular flexibility index (Phi) is 5.15. The maximum Gasteiger partial charge on any atom is 0.325 e. The van der Waals surface area contributed by atoms with Crippen LogP contribution < -0.4 is 4.74 Å². The molecular weight excluding hydrogens is 292 g/mol. The number of ether oxygens (including phenoxy) is 1. The molecule has 0 unspecified atom stereocenters. The number of rotatable bonds is 7. The summed E-state index contributed by atoms with van der Waals surface area (Å²) >= 11 is 1.36. The number of benzene rings is 1. The van der Waals surface area contributed by atoms with Crippen LogP contribution in [0.4, 0.5) is 0 Å². The number of carbonyl (C=O) groups is 1. The molecule has 1 heterocycles. The Bertz CT molecular complexity index is 630. The van der Waals surface area contributed by atoms with Crippen molar-refractivity contribution in [3.63, 3.8) is 0 Å². The smallest absolute Gasteiger partial charge is 0.325 e. The molecule has 0 aliphatic heterocycles. The van der Waals surface area contributed by atoms with Crippen LogP contribution >= 0.6 is 11.8 Å². The number of aryl methyl sites for hydroxylation is 2. The molecule has 0 atom stereocenters. The fraction of sp³-hybridized carbons (Fsp3) is 0.385. The van der Waals surface area contributed by atoms with Crippen molar-refractivity contribution in [2.24, 2.45) is 0 Å². The average molecular weight is 308 g/mol. The molecule has 0 saturated heterocycles. The maximum atomic E-state index is 10.7. The Morgan fingerprint density at radius 2 is 2.24 bits per heavy atom. The predicted molar refractivity (Wildman–Crippen MR) is 77.6 cm³/mol. The summed E-state index contributed by atoms with van der Waals surface area (Å²) in [5.41, 5.74) is 2.23. The van der Waals surface area contributed by atoms with Gasteiger partial charge in [-0.2, -0.15) is 0 Å². The van der Waals surface area contributed by atoms with Crippen molar-refractivity contribution in [3.05, 3.63) is 29.3 Å². The number of nitrogens with zero attached hydrogens (tertiary/aromatic N) is 4. The maximum absolute atomic E-state index is 10.7. The van der Waals surface area contributed by atoms with E-state index in [1.165, 1.54) is 16.4 Å². The first-order valence-corrected chi connectivity index (χ1v) is 7.35. The number of aromatic nitrogens is 4. The first kappa shape index (κ1) is 15.3. The lowest BCUT2D eigenvalue weighted by atomic mass is 10.1. The van der Waals surface area contributed by atoms with Crippen molar-refractivity contribution in [2.45, 2.75) is 25.5 Å². The van der Waals surface area contributed by atoms with Crippen LogP contribution in [0.15, 0.2) is 23.4 Å². The predicted octanol–water partition coefficient (Wildman–Crippen LogP) is 1.55. The summed E-state index contributed by atoms with van der Waals surface area (Å²) in [5, 5.41) is 20.1. The lowest BCUT2D eigenvalue weighted by Crippen LogP contribution is -2.12. The van der Waals surface area contributed by atoms with E-state index in [2.05, 4.69) is 15.5 Å². The van der Waals surface area contributed by atoms with E-state index in [-0.39, 0.29) is 6.54 Å². The van der Waals surface area contributed by atoms with Crippen molar-refractivity contribution in [3.8, 4) is 5.75 Å². The summed E-state index contributed by atoms with van der Waals surface area (Å²) in [6, 6.07) is 6.05. The van der Waals surface area contributed by atoms with Gasteiger partial charge in [-0.25, -0.2) is 4.68 Å². The van der Waals surface area contributed by atoms with E-state index < -0.39 is 5.97 Å². The van der Waals surface area contributed by atoms with Crippen molar-refractivity contribution in [1.82, 2.24) is 20.2 Å². The van der Waals surface area contributed by atoms with Crippen molar-refractivity contribution in [2.75, 3.05) is 12.4 Å². The number of hydrogen-bond acceptors (Lipinski definition) is 6. The molecule has 0 fully saturated rings. The number of carboxylic acids is 1. The molecule has 21 heavy (non-hydrogen) atoms. The molecule has 0 amide bonds. The Hall–Kier alpha value is -2.09. The van der Waals surface area contributed by atoms with Crippen LogP contribution in [0.3, 0.4) is 0 Å². The number of aliphatic carboxylic acids is 1. The quantitative estimate of drug-likeness (QED) is 0.613. The first-order valence-electron chi connectivity index (χ1n) is 6.37. The zero-order chi connectivity index (χ0) is 15.2. The van der Waals surface area contributed by atoms with Gasteiger partial charge in [0.05, 0.1) is 6.61 Å². The minimum absolute atomic E-state index is 0.243. The molecule has 1 aromatic heterocycles. The zero-order valence-corrected chi connectivity index (χ0v) is 12.6.